The van der Waals surface area contributed by atoms with E-state index in [1.54, 1.807) is 11.8 Å². The van der Waals surface area contributed by atoms with Crippen molar-refractivity contribution in [1.82, 2.24) is 15.1 Å². The van der Waals surface area contributed by atoms with Gasteiger partial charge in [-0.05, 0) is 5.92 Å². The van der Waals surface area contributed by atoms with Gasteiger partial charge < -0.3 is 4.74 Å². The van der Waals surface area contributed by atoms with Crippen molar-refractivity contribution < 1.29 is 14.3 Å². The highest BCUT2D eigenvalue weighted by atomic mass is 32.2. The van der Waals surface area contributed by atoms with Crippen molar-refractivity contribution in [3.05, 3.63) is 0 Å². The number of hydrogen-bond acceptors (Lipinski definition) is 7. The van der Waals surface area contributed by atoms with Gasteiger partial charge in [0, 0.05) is 5.75 Å². The molecule has 2 amide bonds. The quantitative estimate of drug-likeness (QED) is 0.635. The van der Waals surface area contributed by atoms with Crippen LogP contribution in [0.5, 0.6) is 0 Å². The van der Waals surface area contributed by atoms with Crippen LogP contribution in [-0.4, -0.2) is 52.5 Å². The van der Waals surface area contributed by atoms with E-state index in [4.69, 9.17) is 4.74 Å². The summed E-state index contributed by atoms with van der Waals surface area (Å²) in [7, 11) is 0. The van der Waals surface area contributed by atoms with Gasteiger partial charge in [-0.3, -0.25) is 15.0 Å². The normalized spacial score (nSPS) is 14.8. The molecule has 2 heterocycles. The minimum atomic E-state index is -0.453. The molecule has 1 aromatic heterocycles. The average Bonchev–Trinajstić information content (AvgIpc) is 2.97. The summed E-state index contributed by atoms with van der Waals surface area (Å²) in [6.07, 6.45) is -0.453. The molecule has 2 rings (SSSR count). The molecule has 1 fully saturated rings. The zero-order chi connectivity index (χ0) is 14.5. The van der Waals surface area contributed by atoms with E-state index in [-0.39, 0.29) is 12.5 Å². The van der Waals surface area contributed by atoms with Crippen LogP contribution in [0.4, 0.5) is 9.93 Å². The van der Waals surface area contributed by atoms with E-state index >= 15 is 0 Å². The maximum Gasteiger partial charge on any atom is 0.410 e. The molecule has 1 aromatic rings. The van der Waals surface area contributed by atoms with Crippen molar-refractivity contribution >= 4 is 40.2 Å². The van der Waals surface area contributed by atoms with Crippen LogP contribution >= 0.6 is 23.1 Å². The van der Waals surface area contributed by atoms with Crippen molar-refractivity contribution in [2.45, 2.75) is 18.2 Å². The molecule has 0 bridgehead atoms. The number of amides is 2. The molecule has 110 valence electrons. The van der Waals surface area contributed by atoms with Gasteiger partial charge in [0.05, 0.1) is 6.54 Å². The van der Waals surface area contributed by atoms with Crippen LogP contribution in [0.25, 0.3) is 0 Å². The summed E-state index contributed by atoms with van der Waals surface area (Å²) >= 11 is 2.95. The van der Waals surface area contributed by atoms with Crippen LogP contribution in [0.1, 0.15) is 13.8 Å². The molecular formula is C11H16N4O3S2. The number of anilines is 1. The Kier molecular flexibility index (Phi) is 5.18. The van der Waals surface area contributed by atoms with Gasteiger partial charge >= 0.3 is 6.09 Å². The highest BCUT2D eigenvalue weighted by Gasteiger charge is 2.24. The average molecular weight is 316 g/mol. The molecule has 0 spiro atoms. The largest absolute Gasteiger partial charge is 0.448 e. The molecule has 7 nitrogen and oxygen atoms in total. The monoisotopic (exact) mass is 316 g/mol. The molecule has 1 N–H and O–H groups in total. The third-order valence-electron chi connectivity index (χ3n) is 2.37. The summed E-state index contributed by atoms with van der Waals surface area (Å²) in [6.45, 7) is 5.02. The summed E-state index contributed by atoms with van der Waals surface area (Å²) < 4.78 is 5.58. The molecule has 0 unspecified atom stereocenters. The molecule has 9 heteroatoms. The number of thioether (sulfide) groups is 1. The van der Waals surface area contributed by atoms with Crippen molar-refractivity contribution in [3.63, 3.8) is 0 Å². The summed E-state index contributed by atoms with van der Waals surface area (Å²) in [4.78, 5) is 24.3. The number of nitrogens with one attached hydrogen (secondary N) is 1. The molecule has 0 atom stereocenters. The molecule has 1 aliphatic heterocycles. The van der Waals surface area contributed by atoms with Crippen LogP contribution in [0.2, 0.25) is 0 Å². The molecule has 1 saturated heterocycles. The van der Waals surface area contributed by atoms with E-state index in [9.17, 15) is 9.59 Å². The Labute approximate surface area is 125 Å². The zero-order valence-corrected chi connectivity index (χ0v) is 12.9. The van der Waals surface area contributed by atoms with E-state index in [0.29, 0.717) is 24.2 Å². The highest BCUT2D eigenvalue weighted by Crippen LogP contribution is 2.26. The number of ether oxygens (including phenoxy) is 1. The van der Waals surface area contributed by atoms with Crippen molar-refractivity contribution in [1.29, 1.82) is 0 Å². The fraction of sp³-hybridized carbons (Fsp3) is 0.636. The number of hydrogen-bond donors (Lipinski definition) is 1. The second kappa shape index (κ2) is 6.89. The van der Waals surface area contributed by atoms with Gasteiger partial charge in [0.15, 0.2) is 4.34 Å². The number of carbonyl (C=O) groups excluding carboxylic acids is 2. The molecule has 20 heavy (non-hydrogen) atoms. The summed E-state index contributed by atoms with van der Waals surface area (Å²) in [5.74, 6) is 1.24. The van der Waals surface area contributed by atoms with Crippen LogP contribution in [0.15, 0.2) is 4.34 Å². The van der Waals surface area contributed by atoms with E-state index in [2.05, 4.69) is 29.4 Å². The first-order valence-corrected chi connectivity index (χ1v) is 8.02. The van der Waals surface area contributed by atoms with Gasteiger partial charge in [0.25, 0.3) is 0 Å². The number of cyclic esters (lactones) is 1. The lowest BCUT2D eigenvalue weighted by Crippen LogP contribution is -2.33. The number of nitrogens with zero attached hydrogens (tertiary/aromatic N) is 3. The van der Waals surface area contributed by atoms with Gasteiger partial charge in [-0.2, -0.15) is 0 Å². The van der Waals surface area contributed by atoms with Crippen LogP contribution in [0, 0.1) is 5.92 Å². The van der Waals surface area contributed by atoms with Crippen LogP contribution in [0.3, 0.4) is 0 Å². The van der Waals surface area contributed by atoms with Gasteiger partial charge in [-0.25, -0.2) is 4.79 Å². The second-order valence-electron chi connectivity index (χ2n) is 4.66. The maximum atomic E-state index is 11.8. The van der Waals surface area contributed by atoms with E-state index in [0.717, 1.165) is 10.1 Å². The smallest absolute Gasteiger partial charge is 0.410 e. The third-order valence-corrected chi connectivity index (χ3v) is 4.77. The maximum absolute atomic E-state index is 11.8. The molecule has 0 radical (unpaired) electrons. The fourth-order valence-corrected chi connectivity index (χ4v) is 3.20. The van der Waals surface area contributed by atoms with Gasteiger partial charge in [-0.15, -0.1) is 10.2 Å². The van der Waals surface area contributed by atoms with E-state index in [1.807, 2.05) is 0 Å². The van der Waals surface area contributed by atoms with Gasteiger partial charge in [0.2, 0.25) is 11.0 Å². The Morgan fingerprint density at radius 1 is 1.55 bits per heavy atom. The minimum Gasteiger partial charge on any atom is -0.448 e. The second-order valence-corrected chi connectivity index (χ2v) is 6.91. The van der Waals surface area contributed by atoms with Crippen LogP contribution < -0.4 is 5.32 Å². The first-order chi connectivity index (χ1) is 9.54. The molecule has 0 saturated carbocycles. The fourth-order valence-electron chi connectivity index (χ4n) is 1.46. The van der Waals surface area contributed by atoms with Crippen molar-refractivity contribution in [2.75, 3.05) is 30.8 Å². The number of carbonyl (C=O) groups is 2. The summed E-state index contributed by atoms with van der Waals surface area (Å²) in [5, 5.41) is 11.0. The van der Waals surface area contributed by atoms with Gasteiger partial charge in [-0.1, -0.05) is 36.9 Å². The minimum absolute atomic E-state index is 0.0209. The van der Waals surface area contributed by atoms with Crippen molar-refractivity contribution in [2.24, 2.45) is 5.92 Å². The number of rotatable bonds is 6. The highest BCUT2D eigenvalue weighted by molar-refractivity contribution is 8.01. The Balaban J connectivity index is 1.80. The Morgan fingerprint density at radius 2 is 2.35 bits per heavy atom. The van der Waals surface area contributed by atoms with E-state index in [1.165, 1.54) is 16.2 Å². The van der Waals surface area contributed by atoms with Crippen molar-refractivity contribution in [3.8, 4) is 0 Å². The SMILES string of the molecule is CC(C)CSc1nnc(NC(=O)CN2CCOC2=O)s1. The Hall–Kier alpha value is -1.35. The first-order valence-electron chi connectivity index (χ1n) is 6.22. The van der Waals surface area contributed by atoms with Crippen LogP contribution in [-0.2, 0) is 9.53 Å². The topological polar surface area (TPSA) is 84.4 Å². The Morgan fingerprint density at radius 3 is 3.00 bits per heavy atom. The molecule has 0 aliphatic carbocycles. The molecule has 1 aliphatic rings. The molecular weight excluding hydrogens is 300 g/mol. The molecule has 0 aromatic carbocycles. The lowest BCUT2D eigenvalue weighted by atomic mass is 10.3. The summed E-state index contributed by atoms with van der Waals surface area (Å²) in [5.41, 5.74) is 0. The lowest BCUT2D eigenvalue weighted by Gasteiger charge is -2.10. The zero-order valence-electron chi connectivity index (χ0n) is 11.3. The third kappa shape index (κ3) is 4.34. The van der Waals surface area contributed by atoms with Gasteiger partial charge in [0.1, 0.15) is 13.2 Å². The first kappa shape index (κ1) is 15.0. The predicted molar refractivity (Wildman–Crippen MR) is 77.0 cm³/mol. The van der Waals surface area contributed by atoms with E-state index < -0.39 is 6.09 Å². The lowest BCUT2D eigenvalue weighted by molar-refractivity contribution is -0.116. The standard InChI is InChI=1S/C11H16N4O3S2/c1-7(2)6-19-10-14-13-9(20-10)12-8(16)5-15-3-4-18-11(15)17/h7H,3-6H2,1-2H3,(H,12,13,16). The summed E-state index contributed by atoms with van der Waals surface area (Å²) in [6, 6.07) is 0. The number of aromatic nitrogens is 2. The Bertz CT molecular complexity index is 492. The predicted octanol–water partition coefficient (Wildman–Crippen LogP) is 1.68.